The number of nitrogens with two attached hydrogens (primary N) is 1. The number of aliphatic carboxylic acids is 1. The fourth-order valence-electron chi connectivity index (χ4n) is 0.596. The molecule has 0 aliphatic rings. The lowest BCUT2D eigenvalue weighted by Crippen LogP contribution is -2.36. The maximum absolute atomic E-state index is 10.3. The highest BCUT2D eigenvalue weighted by molar-refractivity contribution is 5.73. The van der Waals surface area contributed by atoms with Gasteiger partial charge in [-0.1, -0.05) is 0 Å². The molecule has 0 aliphatic carbocycles. The van der Waals surface area contributed by atoms with Crippen LogP contribution in [0.2, 0.25) is 0 Å². The number of rotatable bonds is 4. The third-order valence-corrected chi connectivity index (χ3v) is 1.25. The molecule has 0 amide bonds. The van der Waals surface area contributed by atoms with Crippen molar-refractivity contribution in [3.05, 3.63) is 18.5 Å². The first-order valence-electron chi connectivity index (χ1n) is 3.58. The van der Waals surface area contributed by atoms with Gasteiger partial charge in [0.2, 0.25) is 0 Å². The third kappa shape index (κ3) is 3.04. The number of carboxylic acids is 1. The lowest BCUT2D eigenvalue weighted by molar-refractivity contribution is -0.139. The Labute approximate surface area is 74.4 Å². The van der Waals surface area contributed by atoms with Crippen molar-refractivity contribution in [2.45, 2.75) is 6.04 Å². The molecule has 6 heteroatoms. The van der Waals surface area contributed by atoms with Gasteiger partial charge in [-0.05, 0) is 6.07 Å². The van der Waals surface area contributed by atoms with E-state index >= 15 is 0 Å². The second-order valence-electron chi connectivity index (χ2n) is 2.29. The molecule has 1 heterocycles. The summed E-state index contributed by atoms with van der Waals surface area (Å²) in [5, 5.41) is 8.41. The van der Waals surface area contributed by atoms with Crippen molar-refractivity contribution in [1.29, 1.82) is 0 Å². The van der Waals surface area contributed by atoms with E-state index in [1.807, 2.05) is 0 Å². The minimum absolute atomic E-state index is 0.124. The molecular weight excluding hydrogens is 174 g/mol. The first-order chi connectivity index (χ1) is 6.20. The van der Waals surface area contributed by atoms with Crippen LogP contribution in [0.25, 0.3) is 0 Å². The predicted octanol–water partition coefficient (Wildman–Crippen LogP) is -0.733. The Kier molecular flexibility index (Phi) is 3.15. The Hall–Kier alpha value is -1.69. The lowest BCUT2D eigenvalue weighted by atomic mass is 10.3. The van der Waals surface area contributed by atoms with Crippen LogP contribution < -0.4 is 10.5 Å². The molecule has 0 bridgehead atoms. The van der Waals surface area contributed by atoms with E-state index in [0.717, 1.165) is 0 Å². The minimum atomic E-state index is -1.11. The van der Waals surface area contributed by atoms with E-state index in [-0.39, 0.29) is 12.6 Å². The largest absolute Gasteiger partial charge is 0.480 e. The zero-order chi connectivity index (χ0) is 9.68. The summed E-state index contributed by atoms with van der Waals surface area (Å²) in [7, 11) is 0. The number of hydrogen-bond donors (Lipinski definition) is 2. The zero-order valence-corrected chi connectivity index (χ0v) is 6.75. The van der Waals surface area contributed by atoms with Crippen molar-refractivity contribution < 1.29 is 14.6 Å². The van der Waals surface area contributed by atoms with Gasteiger partial charge in [0, 0.05) is 12.4 Å². The van der Waals surface area contributed by atoms with Crippen LogP contribution in [0, 0.1) is 0 Å². The Morgan fingerprint density at radius 2 is 2.23 bits per heavy atom. The molecule has 0 saturated carbocycles. The van der Waals surface area contributed by atoms with Crippen LogP contribution in [0.4, 0.5) is 0 Å². The van der Waals surface area contributed by atoms with E-state index in [1.54, 1.807) is 6.07 Å². The van der Waals surface area contributed by atoms with E-state index < -0.39 is 12.0 Å². The molecule has 70 valence electrons. The molecule has 1 atom stereocenters. The van der Waals surface area contributed by atoms with E-state index in [4.69, 9.17) is 15.6 Å². The second kappa shape index (κ2) is 4.36. The summed E-state index contributed by atoms with van der Waals surface area (Å²) < 4.78 is 4.90. The van der Waals surface area contributed by atoms with Gasteiger partial charge >= 0.3 is 12.0 Å². The number of ether oxygens (including phenoxy) is 1. The summed E-state index contributed by atoms with van der Waals surface area (Å²) in [6.07, 6.45) is 2.99. The Morgan fingerprint density at radius 3 is 2.77 bits per heavy atom. The maximum atomic E-state index is 10.3. The Morgan fingerprint density at radius 1 is 1.62 bits per heavy atom. The highest BCUT2D eigenvalue weighted by atomic mass is 16.5. The van der Waals surface area contributed by atoms with E-state index in [0.29, 0.717) is 0 Å². The molecule has 0 radical (unpaired) electrons. The van der Waals surface area contributed by atoms with E-state index in [1.165, 1.54) is 12.4 Å². The van der Waals surface area contributed by atoms with Crippen LogP contribution in [0.5, 0.6) is 6.01 Å². The minimum Gasteiger partial charge on any atom is -0.480 e. The summed E-state index contributed by atoms with van der Waals surface area (Å²) in [5.41, 5.74) is 5.18. The van der Waals surface area contributed by atoms with Crippen LogP contribution in [0.1, 0.15) is 0 Å². The van der Waals surface area contributed by atoms with Crippen LogP contribution in [-0.2, 0) is 4.79 Å². The molecule has 1 unspecified atom stereocenters. The van der Waals surface area contributed by atoms with Crippen molar-refractivity contribution >= 4 is 5.97 Å². The van der Waals surface area contributed by atoms with Gasteiger partial charge in [-0.2, -0.15) is 0 Å². The normalized spacial score (nSPS) is 12.1. The number of carbonyl (C=O) groups is 1. The highest BCUT2D eigenvalue weighted by Crippen LogP contribution is 1.97. The average molecular weight is 183 g/mol. The standard InChI is InChI=1S/C7H9N3O3/c8-5(6(11)12)4-13-7-9-2-1-3-10-7/h1-3,5H,4,8H2,(H,11,12). The van der Waals surface area contributed by atoms with Crippen LogP contribution in [-0.4, -0.2) is 33.7 Å². The molecule has 6 nitrogen and oxygen atoms in total. The quantitative estimate of drug-likeness (QED) is 0.638. The summed E-state index contributed by atoms with van der Waals surface area (Å²) in [4.78, 5) is 17.7. The van der Waals surface area contributed by atoms with Gasteiger partial charge in [0.05, 0.1) is 0 Å². The zero-order valence-electron chi connectivity index (χ0n) is 6.75. The van der Waals surface area contributed by atoms with Gasteiger partial charge in [0.25, 0.3) is 0 Å². The first kappa shape index (κ1) is 9.40. The monoisotopic (exact) mass is 183 g/mol. The third-order valence-electron chi connectivity index (χ3n) is 1.25. The fraction of sp³-hybridized carbons (Fsp3) is 0.286. The van der Waals surface area contributed by atoms with Crippen LogP contribution in [0.3, 0.4) is 0 Å². The molecule has 1 rings (SSSR count). The molecule has 0 saturated heterocycles. The van der Waals surface area contributed by atoms with Gasteiger partial charge in [-0.15, -0.1) is 0 Å². The number of carboxylic acid groups (broad SMARTS) is 1. The van der Waals surface area contributed by atoms with Crippen molar-refractivity contribution in [3.8, 4) is 6.01 Å². The van der Waals surface area contributed by atoms with Gasteiger partial charge in [0.1, 0.15) is 12.6 Å². The second-order valence-corrected chi connectivity index (χ2v) is 2.29. The van der Waals surface area contributed by atoms with Crippen molar-refractivity contribution in [2.24, 2.45) is 5.73 Å². The number of hydrogen-bond acceptors (Lipinski definition) is 5. The molecule has 0 aliphatic heterocycles. The van der Waals surface area contributed by atoms with Gasteiger partial charge in [-0.25, -0.2) is 9.97 Å². The van der Waals surface area contributed by atoms with Crippen molar-refractivity contribution in [3.63, 3.8) is 0 Å². The number of nitrogens with zero attached hydrogens (tertiary/aromatic N) is 2. The Balaban J connectivity index is 2.39. The molecule has 0 fully saturated rings. The molecule has 0 spiro atoms. The first-order valence-corrected chi connectivity index (χ1v) is 3.58. The molecule has 0 aromatic carbocycles. The molecule has 13 heavy (non-hydrogen) atoms. The van der Waals surface area contributed by atoms with Crippen molar-refractivity contribution in [1.82, 2.24) is 9.97 Å². The predicted molar refractivity (Wildman–Crippen MR) is 43.1 cm³/mol. The molecule has 3 N–H and O–H groups in total. The highest BCUT2D eigenvalue weighted by Gasteiger charge is 2.12. The molecule has 1 aromatic rings. The fourth-order valence-corrected chi connectivity index (χ4v) is 0.596. The summed E-state index contributed by atoms with van der Waals surface area (Å²) >= 11 is 0. The number of aromatic nitrogens is 2. The van der Waals surface area contributed by atoms with Gasteiger partial charge in [-0.3, -0.25) is 4.79 Å². The van der Waals surface area contributed by atoms with Gasteiger partial charge < -0.3 is 15.6 Å². The Bertz CT molecular complexity index is 278. The van der Waals surface area contributed by atoms with Crippen LogP contribution >= 0.6 is 0 Å². The van der Waals surface area contributed by atoms with Crippen molar-refractivity contribution in [2.75, 3.05) is 6.61 Å². The summed E-state index contributed by atoms with van der Waals surface area (Å²) in [6.45, 7) is -0.140. The van der Waals surface area contributed by atoms with E-state index in [9.17, 15) is 4.79 Å². The smallest absolute Gasteiger partial charge is 0.324 e. The lowest BCUT2D eigenvalue weighted by Gasteiger charge is -2.06. The topological polar surface area (TPSA) is 98.3 Å². The van der Waals surface area contributed by atoms with Gasteiger partial charge in [0.15, 0.2) is 0 Å². The maximum Gasteiger partial charge on any atom is 0.324 e. The summed E-state index contributed by atoms with van der Waals surface area (Å²) in [5.74, 6) is -1.11. The summed E-state index contributed by atoms with van der Waals surface area (Å²) in [6, 6.07) is 0.701. The average Bonchev–Trinajstić information content (AvgIpc) is 2.15. The molecular formula is C7H9N3O3. The molecule has 1 aromatic heterocycles. The SMILES string of the molecule is NC(COc1ncccn1)C(=O)O. The van der Waals surface area contributed by atoms with Crippen LogP contribution in [0.15, 0.2) is 18.5 Å². The van der Waals surface area contributed by atoms with E-state index in [2.05, 4.69) is 9.97 Å².